The SMILES string of the molecule is CC(Oc1c(-c2ccc(Cl)cc2)oc2ccc(Cl)cc2c1=O)C(=O)Nc1ccc(F)cc1. The number of nitrogens with one attached hydrogen (secondary N) is 1. The fourth-order valence-corrected chi connectivity index (χ4v) is 3.35. The summed E-state index contributed by atoms with van der Waals surface area (Å²) in [5.41, 5.74) is 0.784. The Morgan fingerprint density at radius 3 is 2.34 bits per heavy atom. The van der Waals surface area contributed by atoms with Gasteiger partial charge < -0.3 is 14.5 Å². The number of benzene rings is 3. The van der Waals surface area contributed by atoms with Crippen LogP contribution < -0.4 is 15.5 Å². The minimum atomic E-state index is -1.06. The van der Waals surface area contributed by atoms with Crippen molar-refractivity contribution >= 4 is 45.8 Å². The lowest BCUT2D eigenvalue weighted by Gasteiger charge is -2.17. The van der Waals surface area contributed by atoms with Gasteiger partial charge in [-0.1, -0.05) is 23.2 Å². The molecule has 0 spiro atoms. The highest BCUT2D eigenvalue weighted by atomic mass is 35.5. The molecule has 0 bridgehead atoms. The average Bonchev–Trinajstić information content (AvgIpc) is 2.78. The van der Waals surface area contributed by atoms with Gasteiger partial charge >= 0.3 is 0 Å². The van der Waals surface area contributed by atoms with Crippen molar-refractivity contribution in [3.63, 3.8) is 0 Å². The van der Waals surface area contributed by atoms with E-state index in [2.05, 4.69) is 5.32 Å². The fourth-order valence-electron chi connectivity index (χ4n) is 3.06. The number of rotatable bonds is 5. The van der Waals surface area contributed by atoms with Crippen LogP contribution in [-0.4, -0.2) is 12.0 Å². The topological polar surface area (TPSA) is 68.5 Å². The Hall–Kier alpha value is -3.35. The van der Waals surface area contributed by atoms with Crippen LogP contribution in [0.15, 0.2) is 75.9 Å². The van der Waals surface area contributed by atoms with E-state index in [1.807, 2.05) is 0 Å². The second-order valence-electron chi connectivity index (χ2n) is 6.99. The summed E-state index contributed by atoms with van der Waals surface area (Å²) in [6.07, 6.45) is -1.06. The molecule has 0 saturated carbocycles. The maximum atomic E-state index is 13.3. The fraction of sp³-hybridized carbons (Fsp3) is 0.0833. The minimum absolute atomic E-state index is 0.135. The molecule has 1 amide bonds. The molecule has 162 valence electrons. The standard InChI is InChI=1S/C24H16Cl2FNO4/c1-13(24(30)28-18-9-7-17(27)8-10-18)31-23-21(29)19-12-16(26)6-11-20(19)32-22(23)14-2-4-15(25)5-3-14/h2-13H,1H3,(H,28,30). The van der Waals surface area contributed by atoms with Gasteiger partial charge in [-0.2, -0.15) is 0 Å². The number of halogens is 3. The molecule has 4 aromatic rings. The van der Waals surface area contributed by atoms with E-state index in [0.717, 1.165) is 0 Å². The summed E-state index contributed by atoms with van der Waals surface area (Å²) < 4.78 is 24.9. The van der Waals surface area contributed by atoms with Gasteiger partial charge in [-0.25, -0.2) is 4.39 Å². The number of hydrogen-bond donors (Lipinski definition) is 1. The third-order valence-electron chi connectivity index (χ3n) is 4.69. The first kappa shape index (κ1) is 21.9. The van der Waals surface area contributed by atoms with Crippen molar-refractivity contribution in [2.45, 2.75) is 13.0 Å². The van der Waals surface area contributed by atoms with Gasteiger partial charge in [0.25, 0.3) is 5.91 Å². The first-order chi connectivity index (χ1) is 15.3. The van der Waals surface area contributed by atoms with Gasteiger partial charge in [-0.05, 0) is 73.7 Å². The number of carbonyl (C=O) groups excluding carboxylic acids is 1. The first-order valence-electron chi connectivity index (χ1n) is 9.57. The number of hydrogen-bond acceptors (Lipinski definition) is 4. The van der Waals surface area contributed by atoms with Crippen LogP contribution in [0.5, 0.6) is 5.75 Å². The molecule has 0 aliphatic carbocycles. The molecule has 0 aliphatic heterocycles. The number of carbonyl (C=O) groups is 1. The summed E-state index contributed by atoms with van der Waals surface area (Å²) in [4.78, 5) is 25.9. The van der Waals surface area contributed by atoms with Crippen molar-refractivity contribution in [3.8, 4) is 17.1 Å². The maximum Gasteiger partial charge on any atom is 0.265 e. The molecule has 1 unspecified atom stereocenters. The molecular formula is C24H16Cl2FNO4. The van der Waals surface area contributed by atoms with Gasteiger partial charge in [0.05, 0.1) is 5.39 Å². The molecule has 4 rings (SSSR count). The summed E-state index contributed by atoms with van der Waals surface area (Å²) in [7, 11) is 0. The van der Waals surface area contributed by atoms with Crippen LogP contribution in [0.2, 0.25) is 10.0 Å². The highest BCUT2D eigenvalue weighted by Crippen LogP contribution is 2.33. The Labute approximate surface area is 192 Å². The second-order valence-corrected chi connectivity index (χ2v) is 7.87. The smallest absolute Gasteiger partial charge is 0.265 e. The van der Waals surface area contributed by atoms with Crippen LogP contribution in [0.25, 0.3) is 22.3 Å². The number of amides is 1. The predicted octanol–water partition coefficient (Wildman–Crippen LogP) is 6.31. The van der Waals surface area contributed by atoms with Crippen molar-refractivity contribution in [3.05, 3.63) is 92.8 Å². The second kappa shape index (κ2) is 9.02. The van der Waals surface area contributed by atoms with Gasteiger partial charge in [0, 0.05) is 21.3 Å². The van der Waals surface area contributed by atoms with Crippen LogP contribution in [-0.2, 0) is 4.79 Å². The lowest BCUT2D eigenvalue weighted by molar-refractivity contribution is -0.122. The Kier molecular flexibility index (Phi) is 6.17. The highest BCUT2D eigenvalue weighted by Gasteiger charge is 2.23. The molecular weight excluding hydrogens is 456 g/mol. The van der Waals surface area contributed by atoms with E-state index in [4.69, 9.17) is 32.4 Å². The highest BCUT2D eigenvalue weighted by molar-refractivity contribution is 6.31. The molecule has 1 atom stereocenters. The van der Waals surface area contributed by atoms with E-state index in [1.54, 1.807) is 36.4 Å². The molecule has 0 aliphatic rings. The summed E-state index contributed by atoms with van der Waals surface area (Å²) in [6, 6.07) is 16.6. The van der Waals surface area contributed by atoms with Crippen molar-refractivity contribution < 1.29 is 18.3 Å². The van der Waals surface area contributed by atoms with Crippen molar-refractivity contribution in [2.75, 3.05) is 5.32 Å². The van der Waals surface area contributed by atoms with Crippen molar-refractivity contribution in [1.82, 2.24) is 0 Å². The molecule has 5 nitrogen and oxygen atoms in total. The molecule has 1 heterocycles. The number of fused-ring (bicyclic) bond motifs is 1. The Morgan fingerprint density at radius 2 is 1.66 bits per heavy atom. The van der Waals surface area contributed by atoms with Gasteiger partial charge in [-0.15, -0.1) is 0 Å². The van der Waals surface area contributed by atoms with Gasteiger partial charge in [0.2, 0.25) is 11.2 Å². The summed E-state index contributed by atoms with van der Waals surface area (Å²) >= 11 is 12.0. The van der Waals surface area contributed by atoms with Crippen LogP contribution in [0.1, 0.15) is 6.92 Å². The Bertz CT molecular complexity index is 1350. The van der Waals surface area contributed by atoms with Crippen LogP contribution >= 0.6 is 23.2 Å². The number of anilines is 1. The zero-order chi connectivity index (χ0) is 22.8. The van der Waals surface area contributed by atoms with Crippen LogP contribution in [0.4, 0.5) is 10.1 Å². The summed E-state index contributed by atoms with van der Waals surface area (Å²) in [5.74, 6) is -0.927. The average molecular weight is 472 g/mol. The Morgan fingerprint density at radius 1 is 1.00 bits per heavy atom. The third kappa shape index (κ3) is 4.61. The number of ether oxygens (including phenoxy) is 1. The minimum Gasteiger partial charge on any atom is -0.473 e. The molecule has 8 heteroatoms. The van der Waals surface area contributed by atoms with Gasteiger partial charge in [0.1, 0.15) is 11.4 Å². The lowest BCUT2D eigenvalue weighted by atomic mass is 10.1. The molecule has 0 saturated heterocycles. The molecule has 0 fully saturated rings. The zero-order valence-electron chi connectivity index (χ0n) is 16.7. The van der Waals surface area contributed by atoms with E-state index in [-0.39, 0.29) is 16.9 Å². The summed E-state index contributed by atoms with van der Waals surface area (Å²) in [5, 5.41) is 3.71. The molecule has 3 aromatic carbocycles. The monoisotopic (exact) mass is 471 g/mol. The van der Waals surface area contributed by atoms with Gasteiger partial charge in [-0.3, -0.25) is 9.59 Å². The van der Waals surface area contributed by atoms with Crippen molar-refractivity contribution in [2.24, 2.45) is 0 Å². The van der Waals surface area contributed by atoms with Crippen LogP contribution in [0.3, 0.4) is 0 Å². The predicted molar refractivity (Wildman–Crippen MR) is 123 cm³/mol. The molecule has 0 radical (unpaired) electrons. The largest absolute Gasteiger partial charge is 0.473 e. The first-order valence-corrected chi connectivity index (χ1v) is 10.3. The molecule has 1 N–H and O–H groups in total. The van der Waals surface area contributed by atoms with E-state index in [1.165, 1.54) is 37.3 Å². The third-order valence-corrected chi connectivity index (χ3v) is 5.18. The van der Waals surface area contributed by atoms with E-state index in [9.17, 15) is 14.0 Å². The zero-order valence-corrected chi connectivity index (χ0v) is 18.2. The maximum absolute atomic E-state index is 13.3. The normalized spacial score (nSPS) is 11.9. The quantitative estimate of drug-likeness (QED) is 0.370. The summed E-state index contributed by atoms with van der Waals surface area (Å²) in [6.45, 7) is 1.49. The van der Waals surface area contributed by atoms with E-state index in [0.29, 0.717) is 26.9 Å². The van der Waals surface area contributed by atoms with Crippen LogP contribution in [0, 0.1) is 5.82 Å². The van der Waals surface area contributed by atoms with E-state index < -0.39 is 23.3 Å². The van der Waals surface area contributed by atoms with Crippen molar-refractivity contribution in [1.29, 1.82) is 0 Å². The van der Waals surface area contributed by atoms with E-state index >= 15 is 0 Å². The molecule has 1 aromatic heterocycles. The lowest BCUT2D eigenvalue weighted by Crippen LogP contribution is -2.31. The Balaban J connectivity index is 1.73. The van der Waals surface area contributed by atoms with Gasteiger partial charge in [0.15, 0.2) is 11.9 Å². The molecule has 32 heavy (non-hydrogen) atoms.